The summed E-state index contributed by atoms with van der Waals surface area (Å²) in [4.78, 5) is 0. The maximum atomic E-state index is 5.57. The molecular formula is C14H19N3O. The van der Waals surface area contributed by atoms with Crippen LogP contribution in [0.15, 0.2) is 29.1 Å². The highest BCUT2D eigenvalue weighted by Gasteiger charge is 2.21. The maximum Gasteiger partial charge on any atom is 0.125 e. The molecular weight excluding hydrogens is 226 g/mol. The zero-order chi connectivity index (χ0) is 12.4. The van der Waals surface area contributed by atoms with Gasteiger partial charge in [-0.15, -0.1) is 0 Å². The zero-order valence-electron chi connectivity index (χ0n) is 10.7. The number of hydrogen-bond donors (Lipinski definition) is 1. The number of hydrogen-bond acceptors (Lipinski definition) is 3. The summed E-state index contributed by atoms with van der Waals surface area (Å²) in [6.07, 6.45) is 9.46. The van der Waals surface area contributed by atoms with Gasteiger partial charge in [-0.2, -0.15) is 5.10 Å². The highest BCUT2D eigenvalue weighted by atomic mass is 16.3. The lowest BCUT2D eigenvalue weighted by Gasteiger charge is -2.02. The normalized spacial score (nSPS) is 15.2. The minimum Gasteiger partial charge on any atom is -0.467 e. The Hall–Kier alpha value is -1.55. The first-order valence-electron chi connectivity index (χ1n) is 6.69. The Morgan fingerprint density at radius 3 is 3.17 bits per heavy atom. The van der Waals surface area contributed by atoms with E-state index >= 15 is 0 Å². The average molecular weight is 245 g/mol. The fourth-order valence-corrected chi connectivity index (χ4v) is 2.11. The summed E-state index contributed by atoms with van der Waals surface area (Å²) in [7, 11) is 0. The van der Waals surface area contributed by atoms with Crippen molar-refractivity contribution in [2.45, 2.75) is 45.3 Å². The van der Waals surface area contributed by atoms with Crippen LogP contribution in [-0.2, 0) is 13.1 Å². The second-order valence-corrected chi connectivity index (χ2v) is 4.90. The predicted molar refractivity (Wildman–Crippen MR) is 70.1 cm³/mol. The number of rotatable bonds is 6. The average Bonchev–Trinajstić information content (AvgIpc) is 2.89. The number of aromatic nitrogens is 2. The summed E-state index contributed by atoms with van der Waals surface area (Å²) in [5, 5.41) is 7.85. The first-order chi connectivity index (χ1) is 8.86. The van der Waals surface area contributed by atoms with Gasteiger partial charge in [-0.05, 0) is 25.3 Å². The molecule has 1 aliphatic carbocycles. The van der Waals surface area contributed by atoms with Crippen LogP contribution in [-0.4, -0.2) is 15.8 Å². The van der Waals surface area contributed by atoms with Gasteiger partial charge in [-0.25, -0.2) is 0 Å². The quantitative estimate of drug-likeness (QED) is 0.851. The lowest BCUT2D eigenvalue weighted by atomic mass is 10.1. The summed E-state index contributed by atoms with van der Waals surface area (Å²) in [6, 6.07) is 2.72. The van der Waals surface area contributed by atoms with Crippen molar-refractivity contribution in [3.8, 4) is 11.1 Å². The number of furan rings is 1. The lowest BCUT2D eigenvalue weighted by molar-refractivity contribution is 0.483. The van der Waals surface area contributed by atoms with Gasteiger partial charge in [-0.3, -0.25) is 4.68 Å². The summed E-state index contributed by atoms with van der Waals surface area (Å²) in [5.41, 5.74) is 2.30. The van der Waals surface area contributed by atoms with Crippen LogP contribution in [0.2, 0.25) is 0 Å². The molecule has 1 N–H and O–H groups in total. The SMILES string of the molecule is CCCn1cc(-c2ccoc2CNC2CC2)cn1. The first kappa shape index (κ1) is 11.5. The van der Waals surface area contributed by atoms with Crippen molar-refractivity contribution in [1.82, 2.24) is 15.1 Å². The highest BCUT2D eigenvalue weighted by molar-refractivity contribution is 5.63. The van der Waals surface area contributed by atoms with Crippen LogP contribution in [0.1, 0.15) is 31.9 Å². The molecule has 3 rings (SSSR count). The molecule has 0 radical (unpaired) electrons. The van der Waals surface area contributed by atoms with Gasteiger partial charge in [0.2, 0.25) is 0 Å². The van der Waals surface area contributed by atoms with Crippen molar-refractivity contribution < 1.29 is 4.42 Å². The largest absolute Gasteiger partial charge is 0.467 e. The molecule has 2 heterocycles. The van der Waals surface area contributed by atoms with Crippen molar-refractivity contribution >= 4 is 0 Å². The van der Waals surface area contributed by atoms with Crippen molar-refractivity contribution in [2.24, 2.45) is 0 Å². The third-order valence-electron chi connectivity index (χ3n) is 3.27. The molecule has 0 aromatic carbocycles. The summed E-state index contributed by atoms with van der Waals surface area (Å²) >= 11 is 0. The molecule has 4 heteroatoms. The summed E-state index contributed by atoms with van der Waals surface area (Å²) in [5.74, 6) is 1.01. The van der Waals surface area contributed by atoms with Crippen molar-refractivity contribution in [1.29, 1.82) is 0 Å². The van der Waals surface area contributed by atoms with Crippen LogP contribution in [0.25, 0.3) is 11.1 Å². The Morgan fingerprint density at radius 2 is 2.39 bits per heavy atom. The number of nitrogens with zero attached hydrogens (tertiary/aromatic N) is 2. The molecule has 0 saturated heterocycles. The second kappa shape index (κ2) is 4.98. The number of aryl methyl sites for hydroxylation is 1. The minimum absolute atomic E-state index is 0.700. The molecule has 4 nitrogen and oxygen atoms in total. The molecule has 2 aromatic rings. The standard InChI is InChI=1S/C14H19N3O/c1-2-6-17-10-11(8-16-17)13-5-7-18-14(13)9-15-12-3-4-12/h5,7-8,10,12,15H,2-4,6,9H2,1H3. The third kappa shape index (κ3) is 2.48. The minimum atomic E-state index is 0.700. The molecule has 1 fully saturated rings. The van der Waals surface area contributed by atoms with Crippen LogP contribution in [0.5, 0.6) is 0 Å². The van der Waals surface area contributed by atoms with Crippen molar-refractivity contribution in [2.75, 3.05) is 0 Å². The van der Waals surface area contributed by atoms with Crippen LogP contribution >= 0.6 is 0 Å². The Balaban J connectivity index is 1.74. The van der Waals surface area contributed by atoms with Crippen LogP contribution in [0, 0.1) is 0 Å². The molecule has 1 aliphatic rings. The topological polar surface area (TPSA) is 43.0 Å². The van der Waals surface area contributed by atoms with Gasteiger partial charge in [0.25, 0.3) is 0 Å². The fraction of sp³-hybridized carbons (Fsp3) is 0.500. The van der Waals surface area contributed by atoms with Gasteiger partial charge in [0.05, 0.1) is 19.0 Å². The van der Waals surface area contributed by atoms with E-state index in [1.165, 1.54) is 12.8 Å². The van der Waals surface area contributed by atoms with Crippen LogP contribution < -0.4 is 5.32 Å². The van der Waals surface area contributed by atoms with E-state index < -0.39 is 0 Å². The molecule has 1 saturated carbocycles. The van der Waals surface area contributed by atoms with Crippen LogP contribution in [0.4, 0.5) is 0 Å². The molecule has 0 atom stereocenters. The van der Waals surface area contributed by atoms with Gasteiger partial charge in [0, 0.05) is 29.9 Å². The molecule has 0 spiro atoms. The van der Waals surface area contributed by atoms with E-state index in [0.717, 1.165) is 36.4 Å². The molecule has 2 aromatic heterocycles. The second-order valence-electron chi connectivity index (χ2n) is 4.90. The molecule has 0 unspecified atom stereocenters. The Kier molecular flexibility index (Phi) is 3.19. The summed E-state index contributed by atoms with van der Waals surface area (Å²) in [6.45, 7) is 3.93. The van der Waals surface area contributed by atoms with Crippen molar-refractivity contribution in [3.05, 3.63) is 30.5 Å². The van der Waals surface area contributed by atoms with E-state index in [1.807, 2.05) is 16.9 Å². The molecule has 0 bridgehead atoms. The third-order valence-corrected chi connectivity index (χ3v) is 3.27. The van der Waals surface area contributed by atoms with E-state index in [0.29, 0.717) is 6.04 Å². The van der Waals surface area contributed by atoms with E-state index in [9.17, 15) is 0 Å². The Labute approximate surface area is 107 Å². The lowest BCUT2D eigenvalue weighted by Crippen LogP contribution is -2.15. The van der Waals surface area contributed by atoms with Gasteiger partial charge in [0.1, 0.15) is 5.76 Å². The molecule has 0 amide bonds. The van der Waals surface area contributed by atoms with E-state index in [-0.39, 0.29) is 0 Å². The van der Waals surface area contributed by atoms with Gasteiger partial charge in [-0.1, -0.05) is 6.92 Å². The first-order valence-corrected chi connectivity index (χ1v) is 6.69. The molecule has 96 valence electrons. The van der Waals surface area contributed by atoms with E-state index in [1.54, 1.807) is 6.26 Å². The van der Waals surface area contributed by atoms with Gasteiger partial charge < -0.3 is 9.73 Å². The molecule has 18 heavy (non-hydrogen) atoms. The summed E-state index contributed by atoms with van der Waals surface area (Å²) < 4.78 is 7.55. The van der Waals surface area contributed by atoms with E-state index in [4.69, 9.17) is 4.42 Å². The highest BCUT2D eigenvalue weighted by Crippen LogP contribution is 2.26. The van der Waals surface area contributed by atoms with Gasteiger partial charge >= 0.3 is 0 Å². The zero-order valence-corrected chi connectivity index (χ0v) is 10.7. The smallest absolute Gasteiger partial charge is 0.125 e. The monoisotopic (exact) mass is 245 g/mol. The Morgan fingerprint density at radius 1 is 1.50 bits per heavy atom. The fourth-order valence-electron chi connectivity index (χ4n) is 2.11. The van der Waals surface area contributed by atoms with Crippen molar-refractivity contribution in [3.63, 3.8) is 0 Å². The predicted octanol–water partition coefficient (Wildman–Crippen LogP) is 2.81. The Bertz CT molecular complexity index is 511. The molecule has 0 aliphatic heterocycles. The van der Waals surface area contributed by atoms with E-state index in [2.05, 4.69) is 23.5 Å². The number of nitrogens with one attached hydrogen (secondary N) is 1. The van der Waals surface area contributed by atoms with Crippen LogP contribution in [0.3, 0.4) is 0 Å². The maximum absolute atomic E-state index is 5.57. The van der Waals surface area contributed by atoms with Gasteiger partial charge in [0.15, 0.2) is 0 Å².